The fraction of sp³-hybridized carbons (Fsp3) is 0.167. The lowest BCUT2D eigenvalue weighted by Gasteiger charge is -2.07. The molecule has 6 nitrogen and oxygen atoms in total. The van der Waals surface area contributed by atoms with Gasteiger partial charge in [-0.15, -0.1) is 11.8 Å². The van der Waals surface area contributed by atoms with Crippen molar-refractivity contribution in [3.8, 4) is 0 Å². The maximum absolute atomic E-state index is 11.8. The number of aromatic carboxylic acids is 1. The molecule has 3 N–H and O–H groups in total. The van der Waals surface area contributed by atoms with E-state index >= 15 is 0 Å². The Bertz CT molecular complexity index is 775. The van der Waals surface area contributed by atoms with Crippen molar-refractivity contribution in [2.75, 3.05) is 22.1 Å². The minimum absolute atomic E-state index is 0.127. The van der Waals surface area contributed by atoms with Gasteiger partial charge in [0, 0.05) is 11.4 Å². The number of carbonyl (C=O) groups excluding carboxylic acids is 2. The van der Waals surface area contributed by atoms with Gasteiger partial charge in [-0.25, -0.2) is 4.79 Å². The molecule has 2 amide bonds. The van der Waals surface area contributed by atoms with Gasteiger partial charge in [-0.1, -0.05) is 12.1 Å². The average Bonchev–Trinajstić information content (AvgIpc) is 2.55. The number of hydrogen-bond donors (Lipinski definition) is 3. The van der Waals surface area contributed by atoms with E-state index in [-0.39, 0.29) is 28.9 Å². The zero-order valence-corrected chi connectivity index (χ0v) is 14.4. The van der Waals surface area contributed by atoms with Crippen molar-refractivity contribution < 1.29 is 19.5 Å². The molecule has 7 heteroatoms. The molecular formula is C18H18N2O4S. The van der Waals surface area contributed by atoms with Crippen LogP contribution in [0.5, 0.6) is 0 Å². The number of hydrogen-bond acceptors (Lipinski definition) is 4. The first-order chi connectivity index (χ1) is 11.9. The van der Waals surface area contributed by atoms with Crippen LogP contribution in [0.15, 0.2) is 48.5 Å². The molecule has 2 aromatic rings. The first kappa shape index (κ1) is 18.5. The van der Waals surface area contributed by atoms with Crippen LogP contribution in [0, 0.1) is 6.92 Å². The van der Waals surface area contributed by atoms with Crippen LogP contribution < -0.4 is 10.6 Å². The zero-order chi connectivity index (χ0) is 18.2. The van der Waals surface area contributed by atoms with Crippen LogP contribution in [-0.2, 0) is 9.59 Å². The molecule has 0 atom stereocenters. The summed E-state index contributed by atoms with van der Waals surface area (Å²) in [4.78, 5) is 34.4. The normalized spacial score (nSPS) is 10.1. The van der Waals surface area contributed by atoms with Crippen LogP contribution >= 0.6 is 11.8 Å². The molecule has 130 valence electrons. The summed E-state index contributed by atoms with van der Waals surface area (Å²) in [5.41, 5.74) is 2.45. The van der Waals surface area contributed by atoms with Gasteiger partial charge >= 0.3 is 5.97 Å². The number of carboxylic acid groups (broad SMARTS) is 1. The van der Waals surface area contributed by atoms with Crippen molar-refractivity contribution in [3.05, 3.63) is 59.7 Å². The van der Waals surface area contributed by atoms with Gasteiger partial charge in [0.15, 0.2) is 0 Å². The Morgan fingerprint density at radius 1 is 0.920 bits per heavy atom. The third-order valence-electron chi connectivity index (χ3n) is 3.18. The summed E-state index contributed by atoms with van der Waals surface area (Å²) in [7, 11) is 0. The highest BCUT2D eigenvalue weighted by molar-refractivity contribution is 8.00. The Hall–Kier alpha value is -2.80. The second kappa shape index (κ2) is 8.89. The molecule has 0 bridgehead atoms. The second-order valence-electron chi connectivity index (χ2n) is 5.34. The Kier molecular flexibility index (Phi) is 6.59. The lowest BCUT2D eigenvalue weighted by atomic mass is 10.2. The predicted octanol–water partition coefficient (Wildman–Crippen LogP) is 3.00. The molecule has 0 aromatic heterocycles. The number of aryl methyl sites for hydroxylation is 1. The topological polar surface area (TPSA) is 95.5 Å². The maximum atomic E-state index is 11.8. The summed E-state index contributed by atoms with van der Waals surface area (Å²) in [6.07, 6.45) is 0. The molecule has 2 aromatic carbocycles. The summed E-state index contributed by atoms with van der Waals surface area (Å²) in [5, 5.41) is 14.2. The minimum Gasteiger partial charge on any atom is -0.478 e. The number of carbonyl (C=O) groups is 3. The third kappa shape index (κ3) is 6.31. The van der Waals surface area contributed by atoms with E-state index in [1.54, 1.807) is 0 Å². The smallest absolute Gasteiger partial charge is 0.335 e. The Balaban J connectivity index is 1.72. The molecule has 25 heavy (non-hydrogen) atoms. The number of nitrogens with one attached hydrogen (secondary N) is 2. The Morgan fingerprint density at radius 2 is 1.52 bits per heavy atom. The molecule has 0 radical (unpaired) electrons. The molecule has 0 aliphatic heterocycles. The molecule has 0 heterocycles. The molecule has 0 saturated heterocycles. The van der Waals surface area contributed by atoms with Crippen LogP contribution in [-0.4, -0.2) is 34.4 Å². The van der Waals surface area contributed by atoms with E-state index < -0.39 is 5.97 Å². The highest BCUT2D eigenvalue weighted by Gasteiger charge is 2.08. The average molecular weight is 358 g/mol. The Morgan fingerprint density at radius 3 is 2.08 bits per heavy atom. The van der Waals surface area contributed by atoms with Crippen LogP contribution in [0.1, 0.15) is 15.9 Å². The van der Waals surface area contributed by atoms with E-state index in [0.29, 0.717) is 5.69 Å². The van der Waals surface area contributed by atoms with Crippen LogP contribution in [0.2, 0.25) is 0 Å². The molecule has 0 fully saturated rings. The summed E-state index contributed by atoms with van der Waals surface area (Å²) >= 11 is 1.20. The van der Waals surface area contributed by atoms with E-state index in [1.807, 2.05) is 31.2 Å². The van der Waals surface area contributed by atoms with Gasteiger partial charge in [0.1, 0.15) is 0 Å². The first-order valence-electron chi connectivity index (χ1n) is 7.51. The van der Waals surface area contributed by atoms with Crippen molar-refractivity contribution in [1.82, 2.24) is 0 Å². The van der Waals surface area contributed by atoms with Crippen LogP contribution in [0.25, 0.3) is 0 Å². The highest BCUT2D eigenvalue weighted by Crippen LogP contribution is 2.12. The van der Waals surface area contributed by atoms with Crippen LogP contribution in [0.3, 0.4) is 0 Å². The molecule has 0 unspecified atom stereocenters. The van der Waals surface area contributed by atoms with Crippen molar-refractivity contribution in [1.29, 1.82) is 0 Å². The lowest BCUT2D eigenvalue weighted by Crippen LogP contribution is -2.18. The zero-order valence-electron chi connectivity index (χ0n) is 13.6. The fourth-order valence-electron chi connectivity index (χ4n) is 2.05. The first-order valence-corrected chi connectivity index (χ1v) is 8.67. The van der Waals surface area contributed by atoms with Gasteiger partial charge in [-0.05, 0) is 48.9 Å². The Labute approximate surface area is 149 Å². The van der Waals surface area contributed by atoms with Gasteiger partial charge < -0.3 is 15.7 Å². The second-order valence-corrected chi connectivity index (χ2v) is 6.33. The molecule has 0 spiro atoms. The summed E-state index contributed by atoms with van der Waals surface area (Å²) in [6.45, 7) is 1.94. The van der Waals surface area contributed by atoms with Gasteiger partial charge in [0.2, 0.25) is 11.8 Å². The molecular weight excluding hydrogens is 340 g/mol. The van der Waals surface area contributed by atoms with Gasteiger partial charge in [0.25, 0.3) is 0 Å². The third-order valence-corrected chi connectivity index (χ3v) is 4.12. The molecule has 0 saturated carbocycles. The summed E-state index contributed by atoms with van der Waals surface area (Å²) in [6, 6.07) is 13.4. The van der Waals surface area contributed by atoms with E-state index in [1.165, 1.54) is 36.0 Å². The van der Waals surface area contributed by atoms with Crippen molar-refractivity contribution in [2.45, 2.75) is 6.92 Å². The molecule has 0 aliphatic carbocycles. The van der Waals surface area contributed by atoms with E-state index in [0.717, 1.165) is 11.3 Å². The highest BCUT2D eigenvalue weighted by atomic mass is 32.2. The van der Waals surface area contributed by atoms with Gasteiger partial charge in [-0.2, -0.15) is 0 Å². The fourth-order valence-corrected chi connectivity index (χ4v) is 2.67. The van der Waals surface area contributed by atoms with Crippen LogP contribution in [0.4, 0.5) is 11.4 Å². The minimum atomic E-state index is -1.02. The number of carboxylic acids is 1. The van der Waals surface area contributed by atoms with Crippen molar-refractivity contribution >= 4 is 40.9 Å². The quantitative estimate of drug-likeness (QED) is 0.707. The lowest BCUT2D eigenvalue weighted by molar-refractivity contribution is -0.114. The standard InChI is InChI=1S/C18H18N2O4S/c1-12-3-2-4-15(9-12)20-17(22)11-25-10-16(21)19-14-7-5-13(6-8-14)18(23)24/h2-9H,10-11H2,1H3,(H,19,21)(H,20,22)(H,23,24). The van der Waals surface area contributed by atoms with E-state index in [2.05, 4.69) is 10.6 Å². The van der Waals surface area contributed by atoms with Crippen molar-refractivity contribution in [2.24, 2.45) is 0 Å². The van der Waals surface area contributed by atoms with Gasteiger partial charge in [-0.3, -0.25) is 9.59 Å². The summed E-state index contributed by atoms with van der Waals surface area (Å²) < 4.78 is 0. The maximum Gasteiger partial charge on any atom is 0.335 e. The van der Waals surface area contributed by atoms with Crippen molar-refractivity contribution in [3.63, 3.8) is 0 Å². The molecule has 0 aliphatic rings. The van der Waals surface area contributed by atoms with E-state index in [4.69, 9.17) is 5.11 Å². The van der Waals surface area contributed by atoms with E-state index in [9.17, 15) is 14.4 Å². The van der Waals surface area contributed by atoms with Gasteiger partial charge in [0.05, 0.1) is 17.1 Å². The number of rotatable bonds is 7. The number of amides is 2. The SMILES string of the molecule is Cc1cccc(NC(=O)CSCC(=O)Nc2ccc(C(=O)O)cc2)c1. The number of thioether (sulfide) groups is 1. The predicted molar refractivity (Wildman–Crippen MR) is 99.2 cm³/mol. The number of anilines is 2. The monoisotopic (exact) mass is 358 g/mol. The largest absolute Gasteiger partial charge is 0.478 e. The number of benzene rings is 2. The summed E-state index contributed by atoms with van der Waals surface area (Å²) in [5.74, 6) is -1.15. The molecule has 2 rings (SSSR count).